The van der Waals surface area contributed by atoms with Crippen LogP contribution in [0.25, 0.3) is 0 Å². The van der Waals surface area contributed by atoms with Gasteiger partial charge in [0.05, 0.1) is 12.1 Å². The normalized spacial score (nSPS) is 20.0. The zero-order chi connectivity index (χ0) is 29.9. The largest absolute Gasteiger partial charge is 0.351 e. The number of rotatable bonds is 8. The Labute approximate surface area is 245 Å². The molecular formula is C34H48N4O3. The van der Waals surface area contributed by atoms with Crippen LogP contribution in [0.4, 0.5) is 0 Å². The number of fused-ring (bicyclic) bond motifs is 2. The van der Waals surface area contributed by atoms with E-state index in [1.807, 2.05) is 26.8 Å². The second-order valence-corrected chi connectivity index (χ2v) is 13.2. The molecule has 0 radical (unpaired) electrons. The van der Waals surface area contributed by atoms with Crippen molar-refractivity contribution in [3.8, 4) is 0 Å². The molecule has 4 rings (SSSR count). The third kappa shape index (κ3) is 7.18. The molecule has 0 saturated carbocycles. The van der Waals surface area contributed by atoms with Crippen molar-refractivity contribution in [2.75, 3.05) is 7.05 Å². The molecule has 0 aromatic heterocycles. The molecule has 2 aromatic carbocycles. The number of benzene rings is 2. The van der Waals surface area contributed by atoms with Gasteiger partial charge in [-0.1, -0.05) is 77.1 Å². The lowest BCUT2D eigenvalue weighted by Gasteiger charge is -2.40. The first kappa shape index (κ1) is 30.8. The first-order valence-electron chi connectivity index (χ1n) is 15.2. The summed E-state index contributed by atoms with van der Waals surface area (Å²) in [5.74, 6) is -0.00606. The van der Waals surface area contributed by atoms with Gasteiger partial charge in [-0.3, -0.25) is 14.4 Å². The number of aryl methyl sites for hydroxylation is 1. The van der Waals surface area contributed by atoms with Gasteiger partial charge in [0.2, 0.25) is 17.7 Å². The standard InChI is InChI=1S/C34H48N4O3/c1-21(2)24-15-16-25-18-29(33(41)36-28-14-10-12-23-11-8-9-13-27(23)28)38(20-26(25)17-24)31(39)19-30(34(4,5)6)37-32(40)22(3)35-7/h8-9,11,13,15-17,21-22,28-30,35H,10,12,14,18-20H2,1-7H3,(H,36,41)(H,37,40)/t22-,28+,29-,30+/m0/s1. The Balaban J connectivity index is 1.62. The Hall–Kier alpha value is -3.19. The zero-order valence-electron chi connectivity index (χ0n) is 25.8. The van der Waals surface area contributed by atoms with Crippen molar-refractivity contribution >= 4 is 17.7 Å². The van der Waals surface area contributed by atoms with Crippen LogP contribution in [0.3, 0.4) is 0 Å². The van der Waals surface area contributed by atoms with Gasteiger partial charge in [0.25, 0.3) is 0 Å². The SMILES string of the molecule is CN[C@@H](C)C(=O)N[C@H](CC(=O)N1Cc2cc(C(C)C)ccc2C[C@H]1C(=O)N[C@@H]1CCCc2ccccc21)C(C)(C)C. The molecular weight excluding hydrogens is 512 g/mol. The van der Waals surface area contributed by atoms with Crippen LogP contribution >= 0.6 is 0 Å². The van der Waals surface area contributed by atoms with E-state index < -0.39 is 6.04 Å². The Morgan fingerprint density at radius 2 is 1.73 bits per heavy atom. The molecule has 41 heavy (non-hydrogen) atoms. The highest BCUT2D eigenvalue weighted by Crippen LogP contribution is 2.32. The number of nitrogens with zero attached hydrogens (tertiary/aromatic N) is 1. The van der Waals surface area contributed by atoms with Crippen LogP contribution in [0, 0.1) is 5.41 Å². The fourth-order valence-corrected chi connectivity index (χ4v) is 5.92. The first-order valence-corrected chi connectivity index (χ1v) is 15.2. The minimum Gasteiger partial charge on any atom is -0.351 e. The van der Waals surface area contributed by atoms with Crippen molar-refractivity contribution in [3.63, 3.8) is 0 Å². The third-order valence-electron chi connectivity index (χ3n) is 8.90. The van der Waals surface area contributed by atoms with E-state index in [0.717, 1.165) is 30.4 Å². The molecule has 3 N–H and O–H groups in total. The van der Waals surface area contributed by atoms with Gasteiger partial charge >= 0.3 is 0 Å². The fourth-order valence-electron chi connectivity index (χ4n) is 5.92. The van der Waals surface area contributed by atoms with Crippen molar-refractivity contribution in [3.05, 3.63) is 70.3 Å². The molecule has 2 aliphatic rings. The second-order valence-electron chi connectivity index (χ2n) is 13.2. The number of amides is 3. The van der Waals surface area contributed by atoms with E-state index in [0.29, 0.717) is 18.9 Å². The van der Waals surface area contributed by atoms with E-state index in [1.165, 1.54) is 16.7 Å². The summed E-state index contributed by atoms with van der Waals surface area (Å²) in [5.41, 5.74) is 5.55. The highest BCUT2D eigenvalue weighted by Gasteiger charge is 2.39. The first-order chi connectivity index (χ1) is 19.4. The number of likely N-dealkylation sites (N-methyl/N-ethyl adjacent to an activating group) is 1. The molecule has 0 bridgehead atoms. The van der Waals surface area contributed by atoms with Gasteiger partial charge < -0.3 is 20.9 Å². The van der Waals surface area contributed by atoms with Crippen LogP contribution < -0.4 is 16.0 Å². The molecule has 7 heteroatoms. The van der Waals surface area contributed by atoms with Crippen LogP contribution in [0.2, 0.25) is 0 Å². The maximum absolute atomic E-state index is 14.1. The van der Waals surface area contributed by atoms with Gasteiger partial charge in [-0.15, -0.1) is 0 Å². The van der Waals surface area contributed by atoms with E-state index >= 15 is 0 Å². The van der Waals surface area contributed by atoms with Crippen molar-refractivity contribution in [1.29, 1.82) is 0 Å². The third-order valence-corrected chi connectivity index (χ3v) is 8.90. The van der Waals surface area contributed by atoms with Gasteiger partial charge in [0.1, 0.15) is 6.04 Å². The lowest BCUT2D eigenvalue weighted by molar-refractivity contribution is -0.143. The maximum atomic E-state index is 14.1. The summed E-state index contributed by atoms with van der Waals surface area (Å²) in [5, 5.41) is 9.38. The fraction of sp³-hybridized carbons (Fsp3) is 0.559. The minimum absolute atomic E-state index is 0.0567. The molecule has 3 amide bonds. The van der Waals surface area contributed by atoms with E-state index in [4.69, 9.17) is 0 Å². The molecule has 1 heterocycles. The smallest absolute Gasteiger partial charge is 0.243 e. The summed E-state index contributed by atoms with van der Waals surface area (Å²) in [6.07, 6.45) is 3.53. The molecule has 0 unspecified atom stereocenters. The minimum atomic E-state index is -0.610. The quantitative estimate of drug-likeness (QED) is 0.433. The van der Waals surface area contributed by atoms with Crippen molar-refractivity contribution in [1.82, 2.24) is 20.9 Å². The summed E-state index contributed by atoms with van der Waals surface area (Å²) >= 11 is 0. The number of hydrogen-bond acceptors (Lipinski definition) is 4. The molecule has 4 atom stereocenters. The van der Waals surface area contributed by atoms with Crippen LogP contribution in [-0.4, -0.2) is 47.8 Å². The highest BCUT2D eigenvalue weighted by molar-refractivity contribution is 5.89. The van der Waals surface area contributed by atoms with Crippen molar-refractivity contribution < 1.29 is 14.4 Å². The van der Waals surface area contributed by atoms with Gasteiger partial charge in [-0.25, -0.2) is 0 Å². The number of carbonyl (C=O) groups excluding carboxylic acids is 3. The van der Waals surface area contributed by atoms with E-state index in [-0.39, 0.29) is 47.7 Å². The Kier molecular flexibility index (Phi) is 9.58. The van der Waals surface area contributed by atoms with Crippen LogP contribution in [0.5, 0.6) is 0 Å². The molecule has 222 valence electrons. The zero-order valence-corrected chi connectivity index (χ0v) is 25.8. The van der Waals surface area contributed by atoms with E-state index in [1.54, 1.807) is 18.9 Å². The Morgan fingerprint density at radius 1 is 1.00 bits per heavy atom. The molecule has 0 saturated heterocycles. The lowest BCUT2D eigenvalue weighted by Crippen LogP contribution is -2.56. The lowest BCUT2D eigenvalue weighted by atomic mass is 9.83. The Bertz CT molecular complexity index is 1260. The van der Waals surface area contributed by atoms with E-state index in [2.05, 4.69) is 66.2 Å². The molecule has 0 spiro atoms. The summed E-state index contributed by atoms with van der Waals surface area (Å²) in [7, 11) is 1.74. The van der Waals surface area contributed by atoms with Gasteiger partial charge in [-0.2, -0.15) is 0 Å². The van der Waals surface area contributed by atoms with Crippen LogP contribution in [-0.2, 0) is 33.8 Å². The number of carbonyl (C=O) groups is 3. The monoisotopic (exact) mass is 560 g/mol. The number of hydrogen-bond donors (Lipinski definition) is 3. The van der Waals surface area contributed by atoms with Gasteiger partial charge in [-0.05, 0) is 72.4 Å². The summed E-state index contributed by atoms with van der Waals surface area (Å²) in [6.45, 7) is 12.6. The summed E-state index contributed by atoms with van der Waals surface area (Å²) in [6, 6.07) is 13.4. The average Bonchev–Trinajstić information content (AvgIpc) is 2.94. The van der Waals surface area contributed by atoms with Crippen molar-refractivity contribution in [2.24, 2.45) is 5.41 Å². The highest BCUT2D eigenvalue weighted by atomic mass is 16.2. The molecule has 1 aliphatic carbocycles. The van der Waals surface area contributed by atoms with Gasteiger partial charge in [0.15, 0.2) is 0 Å². The second kappa shape index (κ2) is 12.8. The molecule has 1 aliphatic heterocycles. The van der Waals surface area contributed by atoms with E-state index in [9.17, 15) is 14.4 Å². The number of nitrogens with one attached hydrogen (secondary N) is 3. The Morgan fingerprint density at radius 3 is 2.41 bits per heavy atom. The molecule has 2 aromatic rings. The molecule has 7 nitrogen and oxygen atoms in total. The van der Waals surface area contributed by atoms with Crippen LogP contribution in [0.1, 0.15) is 101 Å². The maximum Gasteiger partial charge on any atom is 0.243 e. The summed E-state index contributed by atoms with van der Waals surface area (Å²) in [4.78, 5) is 42.6. The average molecular weight is 561 g/mol. The van der Waals surface area contributed by atoms with Crippen molar-refractivity contribution in [2.45, 2.75) is 110 Å². The van der Waals surface area contributed by atoms with Gasteiger partial charge in [0, 0.05) is 25.4 Å². The van der Waals surface area contributed by atoms with Crippen LogP contribution in [0.15, 0.2) is 42.5 Å². The molecule has 0 fully saturated rings. The predicted molar refractivity (Wildman–Crippen MR) is 163 cm³/mol. The summed E-state index contributed by atoms with van der Waals surface area (Å²) < 4.78 is 0. The predicted octanol–water partition coefficient (Wildman–Crippen LogP) is 4.79. The topological polar surface area (TPSA) is 90.5 Å².